The first-order chi connectivity index (χ1) is 62.9. The molecule has 16 rings (SSSR count). The van der Waals surface area contributed by atoms with Crippen molar-refractivity contribution in [3.8, 4) is 94.7 Å². The third kappa shape index (κ3) is 89.3. The fraction of sp³-hybridized carbons (Fsp3) is 0. The van der Waals surface area contributed by atoms with Gasteiger partial charge in [0.15, 0.2) is 0 Å². The van der Waals surface area contributed by atoms with Gasteiger partial charge in [0.25, 0.3) is 0 Å². The maximum absolute atomic E-state index is 6.69. The minimum absolute atomic E-state index is 0. The molecule has 16 aromatic carbocycles. The fourth-order valence-electron chi connectivity index (χ4n) is 8.34. The molecule has 0 heterocycles. The molecule has 140 heavy (non-hydrogen) atoms. The Hall–Kier alpha value is -12.6. The Kier molecular flexibility index (Phi) is 126. The van der Waals surface area contributed by atoms with E-state index in [0.29, 0.717) is 0 Å². The largest absolute Gasteiger partial charge is 2.00 e. The zero-order valence-corrected chi connectivity index (χ0v) is 90.5. The molecule has 0 saturated carbocycles. The molecule has 0 saturated heterocycles. The van der Waals surface area contributed by atoms with E-state index in [1.54, 1.807) is 0 Å². The van der Waals surface area contributed by atoms with Crippen LogP contribution in [-0.4, -0.2) is 0 Å². The van der Waals surface area contributed by atoms with Crippen LogP contribution in [0.2, 0.25) is 0 Å². The van der Waals surface area contributed by atoms with Crippen molar-refractivity contribution in [3.63, 3.8) is 0 Å². The van der Waals surface area contributed by atoms with Crippen LogP contribution < -0.4 is 0 Å². The second-order valence-corrected chi connectivity index (χ2v) is 23.9. The van der Waals surface area contributed by atoms with E-state index in [2.05, 4.69) is 94.7 Å². The van der Waals surface area contributed by atoms with Gasteiger partial charge in [0, 0.05) is 0 Å². The molecule has 0 fully saturated rings. The summed E-state index contributed by atoms with van der Waals surface area (Å²) in [6, 6.07) is 150. The maximum Gasteiger partial charge on any atom is 2.00 e. The molecule has 0 bridgehead atoms. The zero-order valence-electron chi connectivity index (χ0n) is 73.9. The Bertz CT molecular complexity index is 4710. The maximum atomic E-state index is 6.69. The summed E-state index contributed by atoms with van der Waals surface area (Å²) in [6.45, 7) is 0. The van der Waals surface area contributed by atoms with Crippen molar-refractivity contribution in [1.82, 2.24) is 0 Å². The third-order valence-electron chi connectivity index (χ3n) is 14.7. The van der Waals surface area contributed by atoms with E-state index >= 15 is 0 Å². The Morgan fingerprint density at radius 3 is 0.136 bits per heavy atom. The van der Waals surface area contributed by atoms with Crippen LogP contribution in [-0.2, 0) is 221 Å². The quantitative estimate of drug-likeness (QED) is 0.0806. The van der Waals surface area contributed by atoms with Gasteiger partial charge in [-0.1, -0.05) is 291 Å². The molecule has 0 atom stereocenters. The smallest absolute Gasteiger partial charge is 0.366 e. The molecule has 0 nitrogen and oxygen atoms in total. The fourth-order valence-corrected chi connectivity index (χ4v) is 8.34. The molecule has 16 aromatic rings. The summed E-state index contributed by atoms with van der Waals surface area (Å²) in [5, 5.41) is 0. The average molecular weight is 2910 g/mol. The van der Waals surface area contributed by atoms with E-state index < -0.39 is 0 Å². The molecule has 0 N–H and O–H groups in total. The van der Waals surface area contributed by atoms with E-state index in [4.69, 9.17) is 103 Å². The molecule has 0 aliphatic rings. The van der Waals surface area contributed by atoms with Crippen LogP contribution in [0.15, 0.2) is 485 Å². The molecule has 720 valence electrons. The van der Waals surface area contributed by atoms with Crippen LogP contribution in [0.3, 0.4) is 0 Å². The average Bonchev–Trinajstić information content (AvgIpc) is 1.14. The van der Waals surface area contributed by atoms with E-state index in [1.165, 1.54) is 0 Å². The minimum atomic E-state index is 0. The topological polar surface area (TPSA) is 0 Å². The summed E-state index contributed by atoms with van der Waals surface area (Å²) < 4.78 is 0. The van der Waals surface area contributed by atoms with Gasteiger partial charge in [0.1, 0.15) is 0 Å². The van der Waals surface area contributed by atoms with Crippen LogP contribution in [0, 0.1) is 198 Å². The molecule has 0 aliphatic carbocycles. The molecule has 0 aromatic heterocycles. The van der Waals surface area contributed by atoms with E-state index in [-0.39, 0.29) is 221 Å². The van der Waals surface area contributed by atoms with Gasteiger partial charge in [0.2, 0.25) is 0 Å². The van der Waals surface area contributed by atoms with Crippen LogP contribution in [0.25, 0.3) is 0 Å². The normalized spacial score (nSPS) is 7.20. The summed E-state index contributed by atoms with van der Waals surface area (Å²) in [5.41, 5.74) is 13.2. The van der Waals surface area contributed by atoms with Crippen molar-refractivity contribution in [2.24, 2.45) is 0 Å². The van der Waals surface area contributed by atoms with E-state index in [9.17, 15) is 0 Å². The van der Waals surface area contributed by atoms with Crippen molar-refractivity contribution in [3.05, 3.63) is 677 Å². The Balaban J connectivity index is -0.000000124. The molecule has 0 radical (unpaired) electrons. The molecular formula is C128H80Cu8Pt4. The van der Waals surface area contributed by atoms with Crippen molar-refractivity contribution in [2.45, 2.75) is 0 Å². The van der Waals surface area contributed by atoms with Gasteiger partial charge in [0.05, 0.1) is 0 Å². The van der Waals surface area contributed by atoms with Gasteiger partial charge in [-0.25, -0.2) is 0 Å². The van der Waals surface area contributed by atoms with Crippen molar-refractivity contribution in [2.75, 3.05) is 0 Å². The second-order valence-electron chi connectivity index (χ2n) is 23.9. The standard InChI is InChI=1S/16C8H5.8Cu.4Pt/c16*1-2-8-6-4-3-5-7-8;;;;;;;;;;;;/h16*3-7H;;;;;;;;;;;;/q16*-1;8*+1;4*+2. The summed E-state index contributed by atoms with van der Waals surface area (Å²) in [4.78, 5) is 0. The van der Waals surface area contributed by atoms with Gasteiger partial charge in [-0.05, 0) is 0 Å². The van der Waals surface area contributed by atoms with Crippen LogP contribution >= 0.6 is 0 Å². The van der Waals surface area contributed by atoms with Crippen molar-refractivity contribution >= 4 is 0 Å². The van der Waals surface area contributed by atoms with E-state index in [0.717, 1.165) is 89.0 Å². The van der Waals surface area contributed by atoms with Gasteiger partial charge in [-0.3, -0.25) is 94.7 Å². The Labute approximate surface area is 980 Å². The Morgan fingerprint density at radius 2 is 0.114 bits per heavy atom. The third-order valence-corrected chi connectivity index (χ3v) is 14.7. The zero-order chi connectivity index (χ0) is 93.1. The first-order valence-electron chi connectivity index (χ1n) is 38.6. The molecular weight excluding hydrogens is 2830 g/mol. The van der Waals surface area contributed by atoms with Gasteiger partial charge < -0.3 is 103 Å². The van der Waals surface area contributed by atoms with Crippen molar-refractivity contribution < 1.29 is 221 Å². The van der Waals surface area contributed by atoms with Crippen LogP contribution in [0.4, 0.5) is 0 Å². The predicted molar refractivity (Wildman–Crippen MR) is 523 cm³/mol. The summed E-state index contributed by atoms with van der Waals surface area (Å²) in [6.07, 6.45) is 107. The number of hydrogen-bond donors (Lipinski definition) is 0. The first kappa shape index (κ1) is 153. The number of hydrogen-bond acceptors (Lipinski definition) is 0. The first-order valence-corrected chi connectivity index (χ1v) is 38.6. The van der Waals surface area contributed by atoms with E-state index in [1.807, 2.05) is 485 Å². The summed E-state index contributed by atoms with van der Waals surface area (Å²) in [7, 11) is 0. The van der Waals surface area contributed by atoms with Crippen LogP contribution in [0.1, 0.15) is 89.0 Å². The van der Waals surface area contributed by atoms with Crippen molar-refractivity contribution in [1.29, 1.82) is 0 Å². The second kappa shape index (κ2) is 115. The van der Waals surface area contributed by atoms with Crippen LogP contribution in [0.5, 0.6) is 0 Å². The van der Waals surface area contributed by atoms with Gasteiger partial charge in [-0.2, -0.15) is 0 Å². The Morgan fingerprint density at radius 1 is 0.0786 bits per heavy atom. The molecule has 0 spiro atoms. The summed E-state index contributed by atoms with van der Waals surface area (Å²) >= 11 is 0. The predicted octanol–water partition coefficient (Wildman–Crippen LogP) is 26.0. The minimum Gasteiger partial charge on any atom is -0.366 e. The summed E-state index contributed by atoms with van der Waals surface area (Å²) in [5.74, 6) is 36.4. The molecule has 0 aliphatic heterocycles. The SMILES string of the molecule is [C-]#Cc1ccccc1.[C-]#Cc1ccccc1.[C-]#Cc1ccccc1.[C-]#Cc1ccccc1.[C-]#Cc1ccccc1.[C-]#Cc1ccccc1.[C-]#Cc1ccccc1.[C-]#Cc1ccccc1.[C-]#Cc1ccccc1.[C-]#Cc1ccccc1.[C-]#Cc1ccccc1.[C-]#Cc1ccccc1.[C-]#Cc1ccccc1.[C-]#Cc1ccccc1.[C-]#Cc1ccccc1.[C-]#Cc1ccccc1.[Cu+].[Cu+].[Cu+].[Cu+].[Cu+].[Cu+].[Cu+].[Cu+].[Pt+2].[Pt+2].[Pt+2].[Pt+2]. The molecule has 0 amide bonds. The monoisotopic (exact) mass is 2900 g/mol. The van der Waals surface area contributed by atoms with Gasteiger partial charge >= 0.3 is 221 Å². The molecule has 12 heteroatoms. The number of rotatable bonds is 0. The molecule has 0 unspecified atom stereocenters. The van der Waals surface area contributed by atoms with Gasteiger partial charge in [-0.15, -0.1) is 283 Å². The number of benzene rings is 16.